The van der Waals surface area contributed by atoms with Crippen molar-refractivity contribution in [3.05, 3.63) is 0 Å². The Balaban J connectivity index is 2.75. The quantitative estimate of drug-likeness (QED) is 0.306. The van der Waals surface area contributed by atoms with Crippen LogP contribution in [0.15, 0.2) is 0 Å². The normalized spacial score (nSPS) is 13.7. The summed E-state index contributed by atoms with van der Waals surface area (Å²) in [5.74, 6) is 0. The molecule has 0 amide bonds. The summed E-state index contributed by atoms with van der Waals surface area (Å²) in [5, 5.41) is 0.0581. The topological polar surface area (TPSA) is 52.0 Å². The molecule has 0 aliphatic heterocycles. The first-order chi connectivity index (χ1) is 4.27. The van der Waals surface area contributed by atoms with Crippen LogP contribution in [-0.2, 0) is 0 Å². The van der Waals surface area contributed by atoms with Crippen LogP contribution in [0.3, 0.4) is 0 Å². The molecule has 0 aliphatic carbocycles. The molecule has 4 N–H and O–H groups in total. The van der Waals surface area contributed by atoms with Gasteiger partial charge in [0, 0.05) is 5.37 Å². The van der Waals surface area contributed by atoms with Crippen molar-refractivity contribution >= 4 is 12.6 Å². The summed E-state index contributed by atoms with van der Waals surface area (Å²) in [6.07, 6.45) is 4.45. The zero-order valence-electron chi connectivity index (χ0n) is 5.71. The molecule has 0 spiro atoms. The Morgan fingerprint density at radius 1 is 1.22 bits per heavy atom. The lowest BCUT2D eigenvalue weighted by atomic mass is 10.2. The first-order valence-corrected chi connectivity index (χ1v) is 3.92. The minimum Gasteiger partial charge on any atom is -0.330 e. The standard InChI is InChI=1S/C6H16N2S/c7-5-3-1-2-4-6(8)9/h6,9H,1-5,7-8H2. The molecular formula is C6H16N2S. The summed E-state index contributed by atoms with van der Waals surface area (Å²) < 4.78 is 0. The highest BCUT2D eigenvalue weighted by atomic mass is 32.1. The summed E-state index contributed by atoms with van der Waals surface area (Å²) in [6.45, 7) is 0.793. The fraction of sp³-hybridized carbons (Fsp3) is 1.00. The molecule has 0 rings (SSSR count). The summed E-state index contributed by atoms with van der Waals surface area (Å²) >= 11 is 4.05. The predicted octanol–water partition coefficient (Wildman–Crippen LogP) is 0.720. The van der Waals surface area contributed by atoms with Gasteiger partial charge >= 0.3 is 0 Å². The van der Waals surface area contributed by atoms with Crippen molar-refractivity contribution in [2.45, 2.75) is 31.1 Å². The molecule has 0 saturated carbocycles. The minimum atomic E-state index is 0.0581. The number of rotatable bonds is 5. The van der Waals surface area contributed by atoms with E-state index in [9.17, 15) is 0 Å². The van der Waals surface area contributed by atoms with Crippen LogP contribution in [0.4, 0.5) is 0 Å². The number of hydrogen-bond acceptors (Lipinski definition) is 3. The van der Waals surface area contributed by atoms with E-state index in [1.165, 1.54) is 6.42 Å². The van der Waals surface area contributed by atoms with E-state index in [1.54, 1.807) is 0 Å². The van der Waals surface area contributed by atoms with Crippen molar-refractivity contribution in [1.29, 1.82) is 0 Å². The van der Waals surface area contributed by atoms with Gasteiger partial charge in [-0.1, -0.05) is 12.8 Å². The first-order valence-electron chi connectivity index (χ1n) is 3.41. The molecule has 0 saturated heterocycles. The van der Waals surface area contributed by atoms with Crippen LogP contribution in [0.1, 0.15) is 25.7 Å². The lowest BCUT2D eigenvalue weighted by Crippen LogP contribution is -2.11. The van der Waals surface area contributed by atoms with Crippen LogP contribution in [-0.4, -0.2) is 11.9 Å². The molecule has 0 bridgehead atoms. The summed E-state index contributed by atoms with van der Waals surface area (Å²) in [7, 11) is 0. The van der Waals surface area contributed by atoms with Crippen molar-refractivity contribution in [2.75, 3.05) is 6.54 Å². The number of thiol groups is 1. The summed E-state index contributed by atoms with van der Waals surface area (Å²) in [6, 6.07) is 0. The highest BCUT2D eigenvalue weighted by Crippen LogP contribution is 2.02. The number of nitrogens with two attached hydrogens (primary N) is 2. The van der Waals surface area contributed by atoms with Crippen LogP contribution in [0.5, 0.6) is 0 Å². The van der Waals surface area contributed by atoms with Gasteiger partial charge in [-0.05, 0) is 19.4 Å². The molecule has 0 aromatic carbocycles. The maximum Gasteiger partial charge on any atom is 0.0477 e. The number of hydrogen-bond donors (Lipinski definition) is 3. The van der Waals surface area contributed by atoms with E-state index in [-0.39, 0.29) is 5.37 Å². The molecule has 0 radical (unpaired) electrons. The Labute approximate surface area is 62.4 Å². The van der Waals surface area contributed by atoms with Crippen LogP contribution in [0.2, 0.25) is 0 Å². The second-order valence-corrected chi connectivity index (χ2v) is 2.87. The van der Waals surface area contributed by atoms with Gasteiger partial charge in [0.05, 0.1) is 0 Å². The molecule has 56 valence electrons. The van der Waals surface area contributed by atoms with Gasteiger partial charge in [0.2, 0.25) is 0 Å². The highest BCUT2D eigenvalue weighted by Gasteiger charge is 1.92. The Kier molecular flexibility index (Phi) is 6.58. The second kappa shape index (κ2) is 6.39. The van der Waals surface area contributed by atoms with E-state index in [1.807, 2.05) is 0 Å². The molecular weight excluding hydrogens is 132 g/mol. The fourth-order valence-corrected chi connectivity index (χ4v) is 0.857. The molecule has 3 heteroatoms. The molecule has 0 aliphatic rings. The van der Waals surface area contributed by atoms with E-state index in [4.69, 9.17) is 11.5 Å². The van der Waals surface area contributed by atoms with Crippen molar-refractivity contribution in [3.63, 3.8) is 0 Å². The third-order valence-corrected chi connectivity index (χ3v) is 1.46. The minimum absolute atomic E-state index is 0.0581. The van der Waals surface area contributed by atoms with Gasteiger partial charge in [-0.3, -0.25) is 0 Å². The maximum atomic E-state index is 5.41. The van der Waals surface area contributed by atoms with Gasteiger partial charge < -0.3 is 11.5 Å². The van der Waals surface area contributed by atoms with E-state index in [0.717, 1.165) is 25.8 Å². The van der Waals surface area contributed by atoms with Crippen LogP contribution in [0, 0.1) is 0 Å². The molecule has 0 aromatic heterocycles. The van der Waals surface area contributed by atoms with Gasteiger partial charge in [0.25, 0.3) is 0 Å². The molecule has 0 fully saturated rings. The molecule has 2 nitrogen and oxygen atoms in total. The average molecular weight is 148 g/mol. The largest absolute Gasteiger partial charge is 0.330 e. The Hall–Kier alpha value is 0.270. The van der Waals surface area contributed by atoms with E-state index < -0.39 is 0 Å². The van der Waals surface area contributed by atoms with E-state index >= 15 is 0 Å². The van der Waals surface area contributed by atoms with E-state index in [0.29, 0.717) is 0 Å². The molecule has 0 aromatic rings. The summed E-state index contributed by atoms with van der Waals surface area (Å²) in [5.41, 5.74) is 10.7. The molecule has 9 heavy (non-hydrogen) atoms. The second-order valence-electron chi connectivity index (χ2n) is 2.21. The highest BCUT2D eigenvalue weighted by molar-refractivity contribution is 7.80. The Morgan fingerprint density at radius 3 is 2.33 bits per heavy atom. The SMILES string of the molecule is NCCCCCC(N)S. The number of unbranched alkanes of at least 4 members (excludes halogenated alkanes) is 2. The van der Waals surface area contributed by atoms with Crippen molar-refractivity contribution < 1.29 is 0 Å². The maximum absolute atomic E-state index is 5.41. The van der Waals surface area contributed by atoms with Crippen LogP contribution < -0.4 is 11.5 Å². The monoisotopic (exact) mass is 148 g/mol. The lowest BCUT2D eigenvalue weighted by molar-refractivity contribution is 0.638. The van der Waals surface area contributed by atoms with E-state index in [2.05, 4.69) is 12.6 Å². The molecule has 0 heterocycles. The van der Waals surface area contributed by atoms with Gasteiger partial charge in [-0.25, -0.2) is 0 Å². The third-order valence-electron chi connectivity index (χ3n) is 1.20. The average Bonchev–Trinajstić information content (AvgIpc) is 1.80. The fourth-order valence-electron chi connectivity index (χ4n) is 0.675. The van der Waals surface area contributed by atoms with Crippen molar-refractivity contribution in [1.82, 2.24) is 0 Å². The van der Waals surface area contributed by atoms with Gasteiger partial charge in [0.1, 0.15) is 0 Å². The first kappa shape index (κ1) is 9.27. The zero-order chi connectivity index (χ0) is 7.11. The smallest absolute Gasteiger partial charge is 0.0477 e. The van der Waals surface area contributed by atoms with Gasteiger partial charge in [-0.15, -0.1) is 0 Å². The van der Waals surface area contributed by atoms with Crippen molar-refractivity contribution in [2.24, 2.45) is 11.5 Å². The van der Waals surface area contributed by atoms with Gasteiger partial charge in [-0.2, -0.15) is 12.6 Å². The molecule has 1 unspecified atom stereocenters. The van der Waals surface area contributed by atoms with Gasteiger partial charge in [0.15, 0.2) is 0 Å². The van der Waals surface area contributed by atoms with Crippen LogP contribution >= 0.6 is 12.6 Å². The third kappa shape index (κ3) is 8.27. The Bertz CT molecular complexity index is 57.0. The zero-order valence-corrected chi connectivity index (χ0v) is 6.61. The van der Waals surface area contributed by atoms with Crippen molar-refractivity contribution in [3.8, 4) is 0 Å². The predicted molar refractivity (Wildman–Crippen MR) is 44.5 cm³/mol. The molecule has 1 atom stereocenters. The van der Waals surface area contributed by atoms with Crippen LogP contribution in [0.25, 0.3) is 0 Å². The lowest BCUT2D eigenvalue weighted by Gasteiger charge is -2.01. The summed E-state index contributed by atoms with van der Waals surface area (Å²) in [4.78, 5) is 0. The Morgan fingerprint density at radius 2 is 1.89 bits per heavy atom.